The summed E-state index contributed by atoms with van der Waals surface area (Å²) >= 11 is 3.50. The zero-order valence-corrected chi connectivity index (χ0v) is 13.0. The van der Waals surface area contributed by atoms with Crippen LogP contribution in [0.15, 0.2) is 35.1 Å². The zero-order valence-electron chi connectivity index (χ0n) is 11.4. The lowest BCUT2D eigenvalue weighted by Gasteiger charge is -2.15. The van der Waals surface area contributed by atoms with Crippen LogP contribution in [0.5, 0.6) is 11.5 Å². The van der Waals surface area contributed by atoms with Crippen LogP contribution in [0, 0.1) is 0 Å². The molecule has 2 rings (SSSR count). The highest BCUT2D eigenvalue weighted by Crippen LogP contribution is 2.36. The van der Waals surface area contributed by atoms with E-state index in [1.165, 1.54) is 0 Å². The van der Waals surface area contributed by atoms with Gasteiger partial charge < -0.3 is 15.2 Å². The normalized spacial score (nSPS) is 10.6. The lowest BCUT2D eigenvalue weighted by atomic mass is 10.2. The molecule has 1 aromatic heterocycles. The summed E-state index contributed by atoms with van der Waals surface area (Å²) in [6, 6.07) is 5.75. The summed E-state index contributed by atoms with van der Waals surface area (Å²) in [5, 5.41) is 4.13. The molecule has 0 atom stereocenters. The van der Waals surface area contributed by atoms with Crippen molar-refractivity contribution >= 4 is 15.9 Å². The summed E-state index contributed by atoms with van der Waals surface area (Å²) in [6.45, 7) is 4.19. The second-order valence-electron chi connectivity index (χ2n) is 4.16. The van der Waals surface area contributed by atoms with Crippen molar-refractivity contribution in [3.05, 3.63) is 40.6 Å². The molecule has 1 aromatic carbocycles. The van der Waals surface area contributed by atoms with Gasteiger partial charge in [0.15, 0.2) is 11.5 Å². The van der Waals surface area contributed by atoms with Crippen LogP contribution in [0.1, 0.15) is 12.5 Å². The van der Waals surface area contributed by atoms with Crippen LogP contribution in [-0.4, -0.2) is 23.0 Å². The molecule has 0 saturated carbocycles. The third kappa shape index (κ3) is 3.74. The molecule has 0 aliphatic carbocycles. The maximum Gasteiger partial charge on any atom is 0.175 e. The van der Waals surface area contributed by atoms with E-state index >= 15 is 0 Å². The first-order chi connectivity index (χ1) is 9.74. The Bertz CT molecular complexity index is 544. The van der Waals surface area contributed by atoms with Gasteiger partial charge in [0.1, 0.15) is 6.61 Å². The highest BCUT2D eigenvalue weighted by Gasteiger charge is 2.11. The van der Waals surface area contributed by atoms with E-state index in [2.05, 4.69) is 21.0 Å². The third-order valence-corrected chi connectivity index (χ3v) is 3.32. The molecule has 0 fully saturated rings. The van der Waals surface area contributed by atoms with E-state index in [0.717, 1.165) is 10.0 Å². The van der Waals surface area contributed by atoms with E-state index in [-0.39, 0.29) is 0 Å². The number of halogens is 1. The van der Waals surface area contributed by atoms with Crippen LogP contribution in [0.25, 0.3) is 0 Å². The third-order valence-electron chi connectivity index (χ3n) is 2.73. The minimum Gasteiger partial charge on any atom is -0.490 e. The van der Waals surface area contributed by atoms with E-state index in [1.807, 2.05) is 36.0 Å². The fraction of sp³-hybridized carbons (Fsp3) is 0.357. The Balaban J connectivity index is 2.08. The standard InChI is InChI=1S/C14H18BrN3O2/c1-2-19-13-9-11(10-16)8-12(15)14(13)20-7-6-18-5-3-4-17-18/h3-5,8-9H,2,6-7,10,16H2,1H3. The average molecular weight is 340 g/mol. The topological polar surface area (TPSA) is 62.3 Å². The van der Waals surface area contributed by atoms with Crippen LogP contribution >= 0.6 is 15.9 Å². The Morgan fingerprint density at radius 3 is 2.85 bits per heavy atom. The molecule has 1 heterocycles. The maximum absolute atomic E-state index is 5.82. The second kappa shape index (κ2) is 7.31. The molecule has 0 radical (unpaired) electrons. The van der Waals surface area contributed by atoms with Crippen molar-refractivity contribution in [3.63, 3.8) is 0 Å². The number of benzene rings is 1. The van der Waals surface area contributed by atoms with E-state index < -0.39 is 0 Å². The fourth-order valence-electron chi connectivity index (χ4n) is 1.82. The predicted molar refractivity (Wildman–Crippen MR) is 80.9 cm³/mol. The number of rotatable bonds is 7. The molecule has 0 aliphatic rings. The first-order valence-corrected chi connectivity index (χ1v) is 7.29. The smallest absolute Gasteiger partial charge is 0.175 e. The van der Waals surface area contributed by atoms with Crippen molar-refractivity contribution in [1.29, 1.82) is 0 Å². The number of ether oxygens (including phenoxy) is 2. The van der Waals surface area contributed by atoms with Gasteiger partial charge in [-0.25, -0.2) is 0 Å². The summed E-state index contributed by atoms with van der Waals surface area (Å²) in [5.41, 5.74) is 6.67. The van der Waals surface area contributed by atoms with Gasteiger partial charge in [-0.3, -0.25) is 4.68 Å². The van der Waals surface area contributed by atoms with Crippen LogP contribution in [-0.2, 0) is 13.1 Å². The maximum atomic E-state index is 5.82. The number of nitrogens with zero attached hydrogens (tertiary/aromatic N) is 2. The zero-order chi connectivity index (χ0) is 14.4. The summed E-state index contributed by atoms with van der Waals surface area (Å²) in [5.74, 6) is 1.42. The largest absolute Gasteiger partial charge is 0.490 e. The van der Waals surface area contributed by atoms with Crippen LogP contribution in [0.4, 0.5) is 0 Å². The van der Waals surface area contributed by atoms with Gasteiger partial charge in [-0.15, -0.1) is 0 Å². The Kier molecular flexibility index (Phi) is 5.43. The van der Waals surface area contributed by atoms with Gasteiger partial charge in [-0.1, -0.05) is 0 Å². The van der Waals surface area contributed by atoms with Crippen LogP contribution in [0.3, 0.4) is 0 Å². The molecule has 5 nitrogen and oxygen atoms in total. The molecular weight excluding hydrogens is 322 g/mol. The molecule has 2 N–H and O–H groups in total. The monoisotopic (exact) mass is 339 g/mol. The van der Waals surface area contributed by atoms with Gasteiger partial charge in [-0.05, 0) is 46.6 Å². The van der Waals surface area contributed by atoms with Crippen molar-refractivity contribution in [2.24, 2.45) is 5.73 Å². The summed E-state index contributed by atoms with van der Waals surface area (Å²) < 4.78 is 14.1. The van der Waals surface area contributed by atoms with Gasteiger partial charge >= 0.3 is 0 Å². The molecule has 6 heteroatoms. The fourth-order valence-corrected chi connectivity index (χ4v) is 2.42. The lowest BCUT2D eigenvalue weighted by molar-refractivity contribution is 0.260. The number of aromatic nitrogens is 2. The lowest BCUT2D eigenvalue weighted by Crippen LogP contribution is -2.10. The Hall–Kier alpha value is -1.53. The van der Waals surface area contributed by atoms with Crippen molar-refractivity contribution in [1.82, 2.24) is 9.78 Å². The quantitative estimate of drug-likeness (QED) is 0.842. The Morgan fingerprint density at radius 2 is 2.20 bits per heavy atom. The summed E-state index contributed by atoms with van der Waals surface area (Å²) in [7, 11) is 0. The van der Waals surface area contributed by atoms with E-state index in [9.17, 15) is 0 Å². The van der Waals surface area contributed by atoms with E-state index in [1.54, 1.807) is 6.20 Å². The molecule has 0 unspecified atom stereocenters. The number of nitrogens with two attached hydrogens (primary N) is 1. The van der Waals surface area contributed by atoms with Crippen molar-refractivity contribution in [2.75, 3.05) is 13.2 Å². The molecular formula is C14H18BrN3O2. The van der Waals surface area contributed by atoms with Crippen LogP contribution in [0.2, 0.25) is 0 Å². The van der Waals surface area contributed by atoms with Gasteiger partial charge in [0.2, 0.25) is 0 Å². The van der Waals surface area contributed by atoms with Gasteiger partial charge in [0.05, 0.1) is 17.6 Å². The minimum atomic E-state index is 0.465. The first kappa shape index (κ1) is 14.9. The van der Waals surface area contributed by atoms with Crippen LogP contribution < -0.4 is 15.2 Å². The molecule has 20 heavy (non-hydrogen) atoms. The predicted octanol–water partition coefficient (Wildman–Crippen LogP) is 2.58. The Labute approximate surface area is 126 Å². The van der Waals surface area contributed by atoms with Gasteiger partial charge in [0.25, 0.3) is 0 Å². The highest BCUT2D eigenvalue weighted by atomic mass is 79.9. The van der Waals surface area contributed by atoms with Gasteiger partial charge in [-0.2, -0.15) is 5.10 Å². The van der Waals surface area contributed by atoms with Crippen molar-refractivity contribution in [2.45, 2.75) is 20.0 Å². The highest BCUT2D eigenvalue weighted by molar-refractivity contribution is 9.10. The van der Waals surface area contributed by atoms with E-state index in [4.69, 9.17) is 15.2 Å². The molecule has 0 bridgehead atoms. The molecule has 0 spiro atoms. The van der Waals surface area contributed by atoms with Gasteiger partial charge in [0, 0.05) is 18.9 Å². The number of hydrogen-bond donors (Lipinski definition) is 1. The molecule has 0 aliphatic heterocycles. The molecule has 2 aromatic rings. The summed E-state index contributed by atoms with van der Waals surface area (Å²) in [6.07, 6.45) is 3.65. The summed E-state index contributed by atoms with van der Waals surface area (Å²) in [4.78, 5) is 0. The van der Waals surface area contributed by atoms with E-state index in [0.29, 0.717) is 37.8 Å². The molecule has 0 saturated heterocycles. The van der Waals surface area contributed by atoms with Crippen molar-refractivity contribution in [3.8, 4) is 11.5 Å². The minimum absolute atomic E-state index is 0.465. The second-order valence-corrected chi connectivity index (χ2v) is 5.01. The van der Waals surface area contributed by atoms with Crippen molar-refractivity contribution < 1.29 is 9.47 Å². The Morgan fingerprint density at radius 1 is 1.35 bits per heavy atom. The average Bonchev–Trinajstić information content (AvgIpc) is 2.95. The SMILES string of the molecule is CCOc1cc(CN)cc(Br)c1OCCn1cccn1. The molecule has 0 amide bonds. The first-order valence-electron chi connectivity index (χ1n) is 6.50. The number of hydrogen-bond acceptors (Lipinski definition) is 4. The molecule has 108 valence electrons.